The van der Waals surface area contributed by atoms with E-state index in [4.69, 9.17) is 9.72 Å². The van der Waals surface area contributed by atoms with Crippen LogP contribution in [0.4, 0.5) is 0 Å². The van der Waals surface area contributed by atoms with Gasteiger partial charge in [-0.1, -0.05) is 11.8 Å². The van der Waals surface area contributed by atoms with Gasteiger partial charge in [0.25, 0.3) is 0 Å². The van der Waals surface area contributed by atoms with Crippen molar-refractivity contribution < 1.29 is 17.9 Å². The third-order valence-electron chi connectivity index (χ3n) is 4.43. The van der Waals surface area contributed by atoms with Crippen LogP contribution in [0.15, 0.2) is 51.1 Å². The van der Waals surface area contributed by atoms with Gasteiger partial charge in [-0.05, 0) is 71.0 Å². The summed E-state index contributed by atoms with van der Waals surface area (Å²) in [6.07, 6.45) is 1.19. The number of pyridine rings is 1. The van der Waals surface area contributed by atoms with Gasteiger partial charge in [0.2, 0.25) is 0 Å². The molecule has 0 saturated heterocycles. The van der Waals surface area contributed by atoms with Gasteiger partial charge in [0.15, 0.2) is 9.84 Å². The van der Waals surface area contributed by atoms with Gasteiger partial charge in [-0.2, -0.15) is 0 Å². The van der Waals surface area contributed by atoms with Crippen LogP contribution in [-0.2, 0) is 25.9 Å². The Morgan fingerprint density at radius 1 is 1.10 bits per heavy atom. The molecule has 0 unspecified atom stereocenters. The van der Waals surface area contributed by atoms with Crippen molar-refractivity contribution >= 4 is 38.6 Å². The van der Waals surface area contributed by atoms with Gasteiger partial charge in [-0.25, -0.2) is 8.42 Å². The standard InChI is InChI=1S/C22H26N2O4S2/c1-14-7-12-18-20(23-14)21(15(2)24(18)13-19(25)28-22(3,4)5)29-16-8-10-17(11-9-16)30(6,26)27/h7-12H,13H2,1-6H3. The molecule has 2 heterocycles. The number of fused-ring (bicyclic) bond motifs is 1. The molecule has 0 atom stereocenters. The molecule has 160 valence electrons. The maximum atomic E-state index is 12.5. The maximum absolute atomic E-state index is 12.5. The quantitative estimate of drug-likeness (QED) is 0.535. The molecule has 2 aromatic heterocycles. The summed E-state index contributed by atoms with van der Waals surface area (Å²) >= 11 is 1.50. The van der Waals surface area contributed by atoms with Crippen molar-refractivity contribution in [1.29, 1.82) is 0 Å². The smallest absolute Gasteiger partial charge is 0.326 e. The molecule has 6 nitrogen and oxygen atoms in total. The average molecular weight is 447 g/mol. The Kier molecular flexibility index (Phi) is 6.02. The van der Waals surface area contributed by atoms with Crippen LogP contribution in [0.3, 0.4) is 0 Å². The molecular formula is C22H26N2O4S2. The first-order valence-corrected chi connectivity index (χ1v) is 12.2. The minimum absolute atomic E-state index is 0.0952. The molecule has 0 saturated carbocycles. The maximum Gasteiger partial charge on any atom is 0.326 e. The topological polar surface area (TPSA) is 78.3 Å². The predicted octanol–water partition coefficient (Wildman–Crippen LogP) is 4.55. The Labute approximate surface area is 181 Å². The van der Waals surface area contributed by atoms with Gasteiger partial charge >= 0.3 is 5.97 Å². The zero-order valence-electron chi connectivity index (χ0n) is 18.0. The lowest BCUT2D eigenvalue weighted by molar-refractivity contribution is -0.155. The van der Waals surface area contributed by atoms with Gasteiger partial charge in [-0.3, -0.25) is 9.78 Å². The first kappa shape index (κ1) is 22.4. The highest BCUT2D eigenvalue weighted by molar-refractivity contribution is 7.99. The number of benzene rings is 1. The van der Waals surface area contributed by atoms with Crippen LogP contribution in [0.5, 0.6) is 0 Å². The number of nitrogens with zero attached hydrogens (tertiary/aromatic N) is 2. The molecule has 1 aromatic carbocycles. The molecule has 0 N–H and O–H groups in total. The molecule has 0 fully saturated rings. The van der Waals surface area contributed by atoms with Gasteiger partial charge in [0, 0.05) is 22.5 Å². The van der Waals surface area contributed by atoms with E-state index in [9.17, 15) is 13.2 Å². The number of aryl methyl sites for hydroxylation is 1. The largest absolute Gasteiger partial charge is 0.459 e. The number of carbonyl (C=O) groups excluding carboxylic acids is 1. The molecule has 0 aliphatic rings. The summed E-state index contributed by atoms with van der Waals surface area (Å²) in [6, 6.07) is 10.7. The van der Waals surface area contributed by atoms with Gasteiger partial charge in [0.1, 0.15) is 17.7 Å². The Morgan fingerprint density at radius 3 is 2.30 bits per heavy atom. The molecule has 30 heavy (non-hydrogen) atoms. The predicted molar refractivity (Wildman–Crippen MR) is 119 cm³/mol. The second-order valence-corrected chi connectivity index (χ2v) is 11.4. The van der Waals surface area contributed by atoms with E-state index in [1.165, 1.54) is 18.0 Å². The van der Waals surface area contributed by atoms with Crippen LogP contribution >= 0.6 is 11.8 Å². The number of hydrogen-bond donors (Lipinski definition) is 0. The number of ether oxygens (including phenoxy) is 1. The first-order chi connectivity index (χ1) is 13.8. The molecule has 8 heteroatoms. The summed E-state index contributed by atoms with van der Waals surface area (Å²) in [6.45, 7) is 9.51. The van der Waals surface area contributed by atoms with Crippen molar-refractivity contribution in [2.24, 2.45) is 0 Å². The molecule has 0 aliphatic carbocycles. The van der Waals surface area contributed by atoms with Crippen LogP contribution in [0.1, 0.15) is 32.2 Å². The average Bonchev–Trinajstić information content (AvgIpc) is 2.85. The molecule has 0 radical (unpaired) electrons. The minimum Gasteiger partial charge on any atom is -0.459 e. The lowest BCUT2D eigenvalue weighted by Crippen LogP contribution is -2.26. The number of rotatable bonds is 5. The second kappa shape index (κ2) is 8.07. The summed E-state index contributed by atoms with van der Waals surface area (Å²) in [5.41, 5.74) is 2.91. The summed E-state index contributed by atoms with van der Waals surface area (Å²) in [4.78, 5) is 19.3. The third-order valence-corrected chi connectivity index (χ3v) is 6.76. The van der Waals surface area contributed by atoms with Crippen molar-refractivity contribution in [2.45, 2.75) is 61.5 Å². The van der Waals surface area contributed by atoms with E-state index < -0.39 is 15.4 Å². The lowest BCUT2D eigenvalue weighted by Gasteiger charge is -2.20. The molecule has 0 bridgehead atoms. The van der Waals surface area contributed by atoms with Gasteiger partial charge in [-0.15, -0.1) is 0 Å². The fourth-order valence-corrected chi connectivity index (χ4v) is 4.75. The van der Waals surface area contributed by atoms with Crippen LogP contribution in [-0.4, -0.2) is 35.8 Å². The van der Waals surface area contributed by atoms with Crippen molar-refractivity contribution in [3.8, 4) is 0 Å². The van der Waals surface area contributed by atoms with E-state index in [1.807, 2.05) is 51.3 Å². The van der Waals surface area contributed by atoms with Crippen molar-refractivity contribution in [2.75, 3.05) is 6.26 Å². The highest BCUT2D eigenvalue weighted by Crippen LogP contribution is 2.38. The van der Waals surface area contributed by atoms with Crippen LogP contribution in [0.25, 0.3) is 11.0 Å². The van der Waals surface area contributed by atoms with E-state index >= 15 is 0 Å². The van der Waals surface area contributed by atoms with Crippen LogP contribution < -0.4 is 0 Å². The number of aromatic nitrogens is 2. The molecular weight excluding hydrogens is 420 g/mol. The van der Waals surface area contributed by atoms with Crippen LogP contribution in [0.2, 0.25) is 0 Å². The molecule has 0 spiro atoms. The number of carbonyl (C=O) groups is 1. The van der Waals surface area contributed by atoms with E-state index in [1.54, 1.807) is 24.3 Å². The number of esters is 1. The highest BCUT2D eigenvalue weighted by atomic mass is 32.2. The fourth-order valence-electron chi connectivity index (χ4n) is 3.11. The van der Waals surface area contributed by atoms with E-state index in [0.29, 0.717) is 0 Å². The Balaban J connectivity index is 2.01. The number of hydrogen-bond acceptors (Lipinski definition) is 6. The fraction of sp³-hybridized carbons (Fsp3) is 0.364. The van der Waals surface area contributed by atoms with Gasteiger partial charge in [0.05, 0.1) is 15.3 Å². The summed E-state index contributed by atoms with van der Waals surface area (Å²) in [5, 5.41) is 0. The second-order valence-electron chi connectivity index (χ2n) is 8.25. The third kappa shape index (κ3) is 5.05. The molecule has 3 rings (SSSR count). The molecule has 0 aliphatic heterocycles. The van der Waals surface area contributed by atoms with E-state index in [2.05, 4.69) is 0 Å². The Morgan fingerprint density at radius 2 is 1.73 bits per heavy atom. The monoisotopic (exact) mass is 446 g/mol. The Bertz CT molecular complexity index is 1200. The van der Waals surface area contributed by atoms with E-state index in [-0.39, 0.29) is 17.4 Å². The summed E-state index contributed by atoms with van der Waals surface area (Å²) in [7, 11) is -3.24. The van der Waals surface area contributed by atoms with E-state index in [0.717, 1.165) is 32.2 Å². The summed E-state index contributed by atoms with van der Waals surface area (Å²) < 4.78 is 30.8. The Hall–Kier alpha value is -2.32. The first-order valence-electron chi connectivity index (χ1n) is 9.51. The van der Waals surface area contributed by atoms with Crippen molar-refractivity contribution in [3.63, 3.8) is 0 Å². The van der Waals surface area contributed by atoms with Gasteiger partial charge < -0.3 is 9.30 Å². The minimum atomic E-state index is -3.24. The van der Waals surface area contributed by atoms with Crippen molar-refractivity contribution in [1.82, 2.24) is 9.55 Å². The highest BCUT2D eigenvalue weighted by Gasteiger charge is 2.22. The SMILES string of the molecule is Cc1ccc2c(n1)c(Sc1ccc(S(C)(=O)=O)cc1)c(C)n2CC(=O)OC(C)(C)C. The van der Waals surface area contributed by atoms with Crippen molar-refractivity contribution in [3.05, 3.63) is 47.8 Å². The summed E-state index contributed by atoms with van der Waals surface area (Å²) in [5.74, 6) is -0.308. The zero-order valence-corrected chi connectivity index (χ0v) is 19.6. The molecule has 0 amide bonds. The zero-order chi connectivity index (χ0) is 22.3. The number of sulfone groups is 1. The molecule has 3 aromatic rings. The van der Waals surface area contributed by atoms with Crippen LogP contribution in [0, 0.1) is 13.8 Å². The lowest BCUT2D eigenvalue weighted by atomic mass is 10.2. The normalized spacial score (nSPS) is 12.3.